The molecule has 0 radical (unpaired) electrons. The van der Waals surface area contributed by atoms with Crippen LogP contribution in [-0.2, 0) is 4.74 Å². The normalized spacial score (nSPS) is 17.0. The van der Waals surface area contributed by atoms with E-state index in [4.69, 9.17) is 0 Å². The molecule has 21 heavy (non-hydrogen) atoms. The van der Waals surface area contributed by atoms with Gasteiger partial charge in [0.2, 0.25) is 0 Å². The van der Waals surface area contributed by atoms with Crippen LogP contribution < -0.4 is 0 Å². The lowest BCUT2D eigenvalue weighted by atomic mass is 9.98. The van der Waals surface area contributed by atoms with Gasteiger partial charge in [-0.3, -0.25) is 9.89 Å². The Hall–Kier alpha value is -2.63. The first-order valence-corrected chi connectivity index (χ1v) is 6.55. The summed E-state index contributed by atoms with van der Waals surface area (Å²) in [6.07, 6.45) is 0. The molecule has 3 rings (SSSR count). The van der Waals surface area contributed by atoms with Gasteiger partial charge in [0.25, 0.3) is 5.91 Å². The molecule has 1 amide bonds. The van der Waals surface area contributed by atoms with E-state index in [0.717, 1.165) is 16.8 Å². The third-order valence-electron chi connectivity index (χ3n) is 3.83. The van der Waals surface area contributed by atoms with E-state index in [9.17, 15) is 9.59 Å². The van der Waals surface area contributed by atoms with Gasteiger partial charge >= 0.3 is 5.97 Å². The molecule has 108 valence electrons. The molecule has 1 aliphatic heterocycles. The minimum Gasteiger partial charge on any atom is -0.465 e. The van der Waals surface area contributed by atoms with Crippen molar-refractivity contribution >= 4 is 11.9 Å². The number of nitrogens with zero attached hydrogens (tertiary/aromatic N) is 2. The van der Waals surface area contributed by atoms with Crippen LogP contribution in [0.15, 0.2) is 24.3 Å². The van der Waals surface area contributed by atoms with Gasteiger partial charge in [0.05, 0.1) is 18.7 Å². The summed E-state index contributed by atoms with van der Waals surface area (Å²) in [7, 11) is 3.10. The number of H-pyrrole nitrogens is 1. The van der Waals surface area contributed by atoms with E-state index >= 15 is 0 Å². The number of hydrogen-bond donors (Lipinski definition) is 1. The number of carbonyl (C=O) groups excluding carboxylic acids is 2. The molecule has 0 aliphatic carbocycles. The Morgan fingerprint density at radius 3 is 2.62 bits per heavy atom. The van der Waals surface area contributed by atoms with Gasteiger partial charge < -0.3 is 9.64 Å². The van der Waals surface area contributed by atoms with Crippen molar-refractivity contribution in [2.75, 3.05) is 14.2 Å². The van der Waals surface area contributed by atoms with Crippen molar-refractivity contribution in [3.63, 3.8) is 0 Å². The van der Waals surface area contributed by atoms with Gasteiger partial charge in [-0.25, -0.2) is 4.79 Å². The standard InChI is InChI=1S/C15H15N3O3/c1-8-11-12(17-16-8)14(19)18(2)13(11)9-4-6-10(7-5-9)15(20)21-3/h4-7,13H,1-3H3,(H,16,17). The molecule has 0 saturated carbocycles. The van der Waals surface area contributed by atoms with Crippen LogP contribution in [0.3, 0.4) is 0 Å². The largest absolute Gasteiger partial charge is 0.465 e. The van der Waals surface area contributed by atoms with Gasteiger partial charge in [-0.2, -0.15) is 5.10 Å². The highest BCUT2D eigenvalue weighted by atomic mass is 16.5. The maximum atomic E-state index is 12.2. The van der Waals surface area contributed by atoms with Crippen LogP contribution in [-0.4, -0.2) is 41.1 Å². The highest BCUT2D eigenvalue weighted by Crippen LogP contribution is 2.38. The van der Waals surface area contributed by atoms with Crippen LogP contribution in [0.5, 0.6) is 0 Å². The summed E-state index contributed by atoms with van der Waals surface area (Å²) < 4.78 is 4.68. The predicted molar refractivity (Wildman–Crippen MR) is 75.0 cm³/mol. The van der Waals surface area contributed by atoms with E-state index in [1.807, 2.05) is 19.1 Å². The summed E-state index contributed by atoms with van der Waals surface area (Å²) in [6, 6.07) is 6.89. The molecule has 0 bridgehead atoms. The second-order valence-electron chi connectivity index (χ2n) is 5.04. The fourth-order valence-corrected chi connectivity index (χ4v) is 2.72. The number of fused-ring (bicyclic) bond motifs is 1. The number of aromatic nitrogens is 2. The zero-order valence-electron chi connectivity index (χ0n) is 12.0. The second-order valence-corrected chi connectivity index (χ2v) is 5.04. The highest BCUT2D eigenvalue weighted by molar-refractivity contribution is 5.98. The molecule has 1 N–H and O–H groups in total. The molecule has 2 aromatic rings. The van der Waals surface area contributed by atoms with Crippen molar-refractivity contribution in [2.24, 2.45) is 0 Å². The van der Waals surface area contributed by atoms with E-state index in [1.165, 1.54) is 7.11 Å². The fraction of sp³-hybridized carbons (Fsp3) is 0.267. The zero-order valence-corrected chi connectivity index (χ0v) is 12.0. The molecule has 0 saturated heterocycles. The Morgan fingerprint density at radius 1 is 1.33 bits per heavy atom. The van der Waals surface area contributed by atoms with Crippen LogP contribution in [0.1, 0.15) is 43.7 Å². The van der Waals surface area contributed by atoms with Gasteiger partial charge in [-0.05, 0) is 24.6 Å². The van der Waals surface area contributed by atoms with E-state index < -0.39 is 0 Å². The van der Waals surface area contributed by atoms with E-state index in [-0.39, 0.29) is 17.9 Å². The molecule has 6 nitrogen and oxygen atoms in total. The maximum Gasteiger partial charge on any atom is 0.337 e. The SMILES string of the molecule is COC(=O)c1ccc(C2c3c(n[nH]c3C)C(=O)N2C)cc1. The highest BCUT2D eigenvalue weighted by Gasteiger charge is 2.39. The lowest BCUT2D eigenvalue weighted by Gasteiger charge is -2.21. The number of carbonyl (C=O) groups is 2. The van der Waals surface area contributed by atoms with E-state index in [0.29, 0.717) is 11.3 Å². The molecule has 1 aromatic heterocycles. The third-order valence-corrected chi connectivity index (χ3v) is 3.83. The minimum atomic E-state index is -0.377. The molecule has 0 spiro atoms. The number of esters is 1. The van der Waals surface area contributed by atoms with Crippen molar-refractivity contribution < 1.29 is 14.3 Å². The minimum absolute atomic E-state index is 0.101. The molecule has 1 aromatic carbocycles. The molecule has 6 heteroatoms. The second kappa shape index (κ2) is 4.73. The fourth-order valence-electron chi connectivity index (χ4n) is 2.72. The van der Waals surface area contributed by atoms with Crippen molar-refractivity contribution in [2.45, 2.75) is 13.0 Å². The van der Waals surface area contributed by atoms with E-state index in [1.54, 1.807) is 24.1 Å². The lowest BCUT2D eigenvalue weighted by molar-refractivity contribution is 0.0600. The van der Waals surface area contributed by atoms with Crippen LogP contribution in [0.4, 0.5) is 0 Å². The van der Waals surface area contributed by atoms with Crippen LogP contribution >= 0.6 is 0 Å². The average Bonchev–Trinajstić information content (AvgIpc) is 2.99. The molecule has 1 unspecified atom stereocenters. The third kappa shape index (κ3) is 1.91. The zero-order chi connectivity index (χ0) is 15.1. The number of benzene rings is 1. The van der Waals surface area contributed by atoms with Crippen LogP contribution in [0.25, 0.3) is 0 Å². The quantitative estimate of drug-likeness (QED) is 0.852. The molecule has 0 fully saturated rings. The van der Waals surface area contributed by atoms with Crippen molar-refractivity contribution in [1.29, 1.82) is 0 Å². The first-order chi connectivity index (χ1) is 10.0. The lowest BCUT2D eigenvalue weighted by Crippen LogP contribution is -2.24. The van der Waals surface area contributed by atoms with Gasteiger partial charge in [-0.1, -0.05) is 12.1 Å². The van der Waals surface area contributed by atoms with Crippen molar-refractivity contribution in [3.8, 4) is 0 Å². The Balaban J connectivity index is 2.02. The molecule has 1 atom stereocenters. The monoisotopic (exact) mass is 285 g/mol. The van der Waals surface area contributed by atoms with Gasteiger partial charge in [-0.15, -0.1) is 0 Å². The number of amides is 1. The molecular formula is C15H15N3O3. The Kier molecular flexibility index (Phi) is 3.01. The molecular weight excluding hydrogens is 270 g/mol. The van der Waals surface area contributed by atoms with Gasteiger partial charge in [0.1, 0.15) is 0 Å². The Morgan fingerprint density at radius 2 is 2.00 bits per heavy atom. The number of aromatic amines is 1. The number of nitrogens with one attached hydrogen (secondary N) is 1. The number of rotatable bonds is 2. The summed E-state index contributed by atoms with van der Waals surface area (Å²) in [4.78, 5) is 25.3. The smallest absolute Gasteiger partial charge is 0.337 e. The summed E-state index contributed by atoms with van der Waals surface area (Å²) in [5.74, 6) is -0.478. The summed E-state index contributed by atoms with van der Waals surface area (Å²) in [5.41, 5.74) is 3.66. The van der Waals surface area contributed by atoms with Crippen LogP contribution in [0.2, 0.25) is 0 Å². The number of ether oxygens (including phenoxy) is 1. The summed E-state index contributed by atoms with van der Waals surface area (Å²) in [5, 5.41) is 6.93. The summed E-state index contributed by atoms with van der Waals surface area (Å²) in [6.45, 7) is 1.90. The van der Waals surface area contributed by atoms with Crippen molar-refractivity contribution in [1.82, 2.24) is 15.1 Å². The maximum absolute atomic E-state index is 12.2. The first kappa shape index (κ1) is 13.4. The predicted octanol–water partition coefficient (Wildman–Crippen LogP) is 1.68. The van der Waals surface area contributed by atoms with E-state index in [2.05, 4.69) is 14.9 Å². The molecule has 2 heterocycles. The van der Waals surface area contributed by atoms with Crippen LogP contribution in [0, 0.1) is 6.92 Å². The molecule has 1 aliphatic rings. The van der Waals surface area contributed by atoms with Gasteiger partial charge in [0, 0.05) is 18.3 Å². The Labute approximate surface area is 121 Å². The Bertz CT molecular complexity index is 718. The number of methoxy groups -OCH3 is 1. The summed E-state index contributed by atoms with van der Waals surface area (Å²) >= 11 is 0. The number of hydrogen-bond acceptors (Lipinski definition) is 4. The van der Waals surface area contributed by atoms with Gasteiger partial charge in [0.15, 0.2) is 5.69 Å². The first-order valence-electron chi connectivity index (χ1n) is 6.55. The number of aryl methyl sites for hydroxylation is 1. The van der Waals surface area contributed by atoms with Crippen molar-refractivity contribution in [3.05, 3.63) is 52.3 Å². The topological polar surface area (TPSA) is 75.3 Å². The average molecular weight is 285 g/mol.